The molecule has 114 valence electrons. The SMILES string of the molecule is Cc1cccc2nc(C(C)Cl)n(CC3CCN(C)CC3)c12. The molecule has 3 nitrogen and oxygen atoms in total. The van der Waals surface area contributed by atoms with Crippen LogP contribution in [0.3, 0.4) is 0 Å². The molecule has 0 spiro atoms. The molecule has 1 aromatic heterocycles. The molecule has 2 aromatic rings. The average Bonchev–Trinajstić information content (AvgIpc) is 2.82. The third-order valence-electron chi connectivity index (χ3n) is 4.63. The number of imidazole rings is 1. The van der Waals surface area contributed by atoms with Crippen molar-refractivity contribution in [2.75, 3.05) is 20.1 Å². The van der Waals surface area contributed by atoms with E-state index < -0.39 is 0 Å². The summed E-state index contributed by atoms with van der Waals surface area (Å²) < 4.78 is 2.37. The molecule has 0 N–H and O–H groups in total. The summed E-state index contributed by atoms with van der Waals surface area (Å²) in [6.07, 6.45) is 2.52. The maximum Gasteiger partial charge on any atom is 0.127 e. The van der Waals surface area contributed by atoms with Crippen LogP contribution in [0.4, 0.5) is 0 Å². The predicted molar refractivity (Wildman–Crippen MR) is 89.0 cm³/mol. The minimum Gasteiger partial charge on any atom is -0.326 e. The lowest BCUT2D eigenvalue weighted by Crippen LogP contribution is -2.32. The molecule has 1 aliphatic rings. The normalized spacial score (nSPS) is 19.2. The topological polar surface area (TPSA) is 21.1 Å². The standard InChI is InChI=1S/C17H24ClN3/c1-12-5-4-6-15-16(12)21(17(19-15)13(2)18)11-14-7-9-20(3)10-8-14/h4-6,13-14H,7-11H2,1-3H3. The Labute approximate surface area is 131 Å². The maximum absolute atomic E-state index is 6.38. The van der Waals surface area contributed by atoms with E-state index in [9.17, 15) is 0 Å². The molecule has 1 aromatic carbocycles. The fraction of sp³-hybridized carbons (Fsp3) is 0.588. The Bertz CT molecular complexity index is 624. The van der Waals surface area contributed by atoms with Crippen LogP contribution >= 0.6 is 11.6 Å². The summed E-state index contributed by atoms with van der Waals surface area (Å²) in [4.78, 5) is 7.19. The van der Waals surface area contributed by atoms with Gasteiger partial charge in [-0.05, 0) is 64.4 Å². The molecule has 0 aliphatic carbocycles. The van der Waals surface area contributed by atoms with Crippen molar-refractivity contribution >= 4 is 22.6 Å². The molecule has 1 atom stereocenters. The van der Waals surface area contributed by atoms with Crippen LogP contribution in [0.15, 0.2) is 18.2 Å². The molecule has 0 bridgehead atoms. The Balaban J connectivity index is 1.97. The van der Waals surface area contributed by atoms with Gasteiger partial charge in [0, 0.05) is 6.54 Å². The zero-order valence-corrected chi connectivity index (χ0v) is 13.9. The summed E-state index contributed by atoms with van der Waals surface area (Å²) >= 11 is 6.38. The monoisotopic (exact) mass is 305 g/mol. The molecule has 0 radical (unpaired) electrons. The van der Waals surface area contributed by atoms with E-state index in [1.165, 1.54) is 37.0 Å². The molecule has 2 heterocycles. The minimum atomic E-state index is -0.0527. The van der Waals surface area contributed by atoms with Crippen molar-refractivity contribution in [2.45, 2.75) is 38.6 Å². The van der Waals surface area contributed by atoms with Gasteiger partial charge in [0.2, 0.25) is 0 Å². The van der Waals surface area contributed by atoms with Crippen molar-refractivity contribution in [3.8, 4) is 0 Å². The molecule has 1 fully saturated rings. The average molecular weight is 306 g/mol. The van der Waals surface area contributed by atoms with E-state index in [1.807, 2.05) is 6.92 Å². The second-order valence-corrected chi connectivity index (χ2v) is 7.04. The molecule has 21 heavy (non-hydrogen) atoms. The van der Waals surface area contributed by atoms with Crippen LogP contribution < -0.4 is 0 Å². The molecule has 4 heteroatoms. The highest BCUT2D eigenvalue weighted by molar-refractivity contribution is 6.20. The van der Waals surface area contributed by atoms with Gasteiger partial charge in [-0.25, -0.2) is 4.98 Å². The molecular weight excluding hydrogens is 282 g/mol. The summed E-state index contributed by atoms with van der Waals surface area (Å²) in [6.45, 7) is 7.62. The van der Waals surface area contributed by atoms with E-state index in [2.05, 4.69) is 41.6 Å². The first-order valence-electron chi connectivity index (χ1n) is 7.84. The van der Waals surface area contributed by atoms with Crippen molar-refractivity contribution in [3.63, 3.8) is 0 Å². The number of likely N-dealkylation sites (tertiary alicyclic amines) is 1. The van der Waals surface area contributed by atoms with Gasteiger partial charge in [0.25, 0.3) is 0 Å². The smallest absolute Gasteiger partial charge is 0.127 e. The number of para-hydroxylation sites is 1. The Morgan fingerprint density at radius 3 is 2.71 bits per heavy atom. The summed E-state index contributed by atoms with van der Waals surface area (Å²) in [5.74, 6) is 1.74. The quantitative estimate of drug-likeness (QED) is 0.800. The number of aromatic nitrogens is 2. The Morgan fingerprint density at radius 2 is 2.05 bits per heavy atom. The summed E-state index contributed by atoms with van der Waals surface area (Å²) in [5, 5.41) is -0.0527. The van der Waals surface area contributed by atoms with Crippen LogP contribution in [0, 0.1) is 12.8 Å². The second kappa shape index (κ2) is 5.98. The number of rotatable bonds is 3. The van der Waals surface area contributed by atoms with E-state index in [1.54, 1.807) is 0 Å². The van der Waals surface area contributed by atoms with E-state index in [0.717, 1.165) is 23.8 Å². The maximum atomic E-state index is 6.38. The number of halogens is 1. The van der Waals surface area contributed by atoms with Crippen LogP contribution in [0.2, 0.25) is 0 Å². The molecule has 0 amide bonds. The van der Waals surface area contributed by atoms with E-state index >= 15 is 0 Å². The molecule has 1 unspecified atom stereocenters. The number of hydrogen-bond donors (Lipinski definition) is 0. The largest absolute Gasteiger partial charge is 0.326 e. The third kappa shape index (κ3) is 2.95. The number of fused-ring (bicyclic) bond motifs is 1. The molecule has 1 aliphatic heterocycles. The van der Waals surface area contributed by atoms with Crippen LogP contribution in [-0.4, -0.2) is 34.6 Å². The van der Waals surface area contributed by atoms with Crippen molar-refractivity contribution < 1.29 is 0 Å². The minimum absolute atomic E-state index is 0.0527. The van der Waals surface area contributed by atoms with Crippen molar-refractivity contribution in [1.82, 2.24) is 14.5 Å². The first kappa shape index (κ1) is 14.9. The fourth-order valence-electron chi connectivity index (χ4n) is 3.37. The zero-order chi connectivity index (χ0) is 15.0. The van der Waals surface area contributed by atoms with Crippen molar-refractivity contribution in [3.05, 3.63) is 29.6 Å². The number of hydrogen-bond acceptors (Lipinski definition) is 2. The summed E-state index contributed by atoms with van der Waals surface area (Å²) in [6, 6.07) is 6.33. The van der Waals surface area contributed by atoms with E-state index in [0.29, 0.717) is 0 Å². The highest BCUT2D eigenvalue weighted by Crippen LogP contribution is 2.29. The van der Waals surface area contributed by atoms with Gasteiger partial charge in [-0.3, -0.25) is 0 Å². The summed E-state index contributed by atoms with van der Waals surface area (Å²) in [5.41, 5.74) is 3.63. The van der Waals surface area contributed by atoms with Gasteiger partial charge in [-0.1, -0.05) is 12.1 Å². The number of piperidine rings is 1. The second-order valence-electron chi connectivity index (χ2n) is 6.39. The van der Waals surface area contributed by atoms with Crippen molar-refractivity contribution in [1.29, 1.82) is 0 Å². The molecule has 1 saturated heterocycles. The lowest BCUT2D eigenvalue weighted by molar-refractivity contribution is 0.205. The van der Waals surface area contributed by atoms with Gasteiger partial charge >= 0.3 is 0 Å². The molecular formula is C17H24ClN3. The van der Waals surface area contributed by atoms with Gasteiger partial charge in [-0.15, -0.1) is 11.6 Å². The number of aryl methyl sites for hydroxylation is 1. The van der Waals surface area contributed by atoms with Gasteiger partial charge in [0.05, 0.1) is 16.4 Å². The highest BCUT2D eigenvalue weighted by atomic mass is 35.5. The third-order valence-corrected chi connectivity index (χ3v) is 4.83. The molecule has 0 saturated carbocycles. The first-order valence-corrected chi connectivity index (χ1v) is 8.28. The van der Waals surface area contributed by atoms with E-state index in [-0.39, 0.29) is 5.38 Å². The van der Waals surface area contributed by atoms with Crippen LogP contribution in [0.25, 0.3) is 11.0 Å². The number of nitrogens with zero attached hydrogens (tertiary/aromatic N) is 3. The van der Waals surface area contributed by atoms with Gasteiger partial charge < -0.3 is 9.47 Å². The Morgan fingerprint density at radius 1 is 1.33 bits per heavy atom. The van der Waals surface area contributed by atoms with Gasteiger partial charge in [0.1, 0.15) is 5.82 Å². The summed E-state index contributed by atoms with van der Waals surface area (Å²) in [7, 11) is 2.21. The molecule has 3 rings (SSSR count). The van der Waals surface area contributed by atoms with Gasteiger partial charge in [-0.2, -0.15) is 0 Å². The van der Waals surface area contributed by atoms with Crippen LogP contribution in [0.1, 0.15) is 36.5 Å². The fourth-order valence-corrected chi connectivity index (χ4v) is 3.54. The Kier molecular flexibility index (Phi) is 4.23. The van der Waals surface area contributed by atoms with E-state index in [4.69, 9.17) is 16.6 Å². The lowest BCUT2D eigenvalue weighted by Gasteiger charge is -2.29. The number of benzene rings is 1. The van der Waals surface area contributed by atoms with Gasteiger partial charge in [0.15, 0.2) is 0 Å². The predicted octanol–water partition coefficient (Wildman–Crippen LogP) is 3.99. The first-order chi connectivity index (χ1) is 10.1. The number of alkyl halides is 1. The zero-order valence-electron chi connectivity index (χ0n) is 13.1. The van der Waals surface area contributed by atoms with Crippen molar-refractivity contribution in [2.24, 2.45) is 5.92 Å². The Hall–Kier alpha value is -1.06. The van der Waals surface area contributed by atoms with Crippen LogP contribution in [-0.2, 0) is 6.54 Å². The highest BCUT2D eigenvalue weighted by Gasteiger charge is 2.22. The van der Waals surface area contributed by atoms with Crippen LogP contribution in [0.5, 0.6) is 0 Å². The lowest BCUT2D eigenvalue weighted by atomic mass is 9.97.